The van der Waals surface area contributed by atoms with Gasteiger partial charge in [0, 0.05) is 4.51 Å². The van der Waals surface area contributed by atoms with Gasteiger partial charge in [-0.3, -0.25) is 0 Å². The van der Waals surface area contributed by atoms with Crippen LogP contribution in [0.1, 0.15) is 0 Å². The van der Waals surface area contributed by atoms with Gasteiger partial charge in [-0.25, -0.2) is 0 Å². The average molecular weight is 141 g/mol. The van der Waals surface area contributed by atoms with Crippen molar-refractivity contribution >= 4 is 23.9 Å². The number of H-pyrrole nitrogens is 1. The molecule has 3 nitrogen and oxygen atoms in total. The predicted molar refractivity (Wildman–Crippen MR) is 40.5 cm³/mol. The number of nitrogens with one attached hydrogen (secondary N) is 1. The lowest BCUT2D eigenvalue weighted by Gasteiger charge is -1.94. The van der Waals surface area contributed by atoms with E-state index in [-0.39, 0.29) is 0 Å². The molecule has 48 valence electrons. The first-order valence-corrected chi connectivity index (χ1v) is 2.84. The fourth-order valence-electron chi connectivity index (χ4n) is 0.587. The standard InChI is InChI=1S/C5H7N3S/c6-4-1-3(9)2-5(7)8-4/h1-2H,(H5,6,7,8,9). The second kappa shape index (κ2) is 2.06. The van der Waals surface area contributed by atoms with Gasteiger partial charge in [-0.15, -0.1) is 0 Å². The first-order chi connectivity index (χ1) is 4.18. The molecular weight excluding hydrogens is 134 g/mol. The van der Waals surface area contributed by atoms with Crippen LogP contribution in [-0.2, 0) is 0 Å². The molecule has 0 aromatic carbocycles. The summed E-state index contributed by atoms with van der Waals surface area (Å²) in [5.41, 5.74) is 10.7. The summed E-state index contributed by atoms with van der Waals surface area (Å²) in [5, 5.41) is 0. The average Bonchev–Trinajstić information content (AvgIpc) is 1.59. The van der Waals surface area contributed by atoms with Crippen molar-refractivity contribution in [1.29, 1.82) is 0 Å². The maximum absolute atomic E-state index is 5.36. The monoisotopic (exact) mass is 141 g/mol. The molecule has 0 radical (unpaired) electrons. The van der Waals surface area contributed by atoms with Crippen molar-refractivity contribution in [2.45, 2.75) is 0 Å². The van der Waals surface area contributed by atoms with Gasteiger partial charge < -0.3 is 16.5 Å². The lowest BCUT2D eigenvalue weighted by Crippen LogP contribution is -1.94. The Morgan fingerprint density at radius 3 is 2.00 bits per heavy atom. The van der Waals surface area contributed by atoms with Crippen LogP contribution in [0.3, 0.4) is 0 Å². The predicted octanol–water partition coefficient (Wildman–Crippen LogP) is 0.909. The molecule has 0 bridgehead atoms. The summed E-state index contributed by atoms with van der Waals surface area (Å²) in [7, 11) is 0. The van der Waals surface area contributed by atoms with Crippen LogP contribution in [0.5, 0.6) is 0 Å². The Morgan fingerprint density at radius 1 is 1.22 bits per heavy atom. The van der Waals surface area contributed by atoms with E-state index in [1.54, 1.807) is 12.1 Å². The van der Waals surface area contributed by atoms with E-state index in [1.807, 2.05) is 0 Å². The van der Waals surface area contributed by atoms with Crippen molar-refractivity contribution < 1.29 is 0 Å². The minimum Gasteiger partial charge on any atom is -0.385 e. The Bertz CT molecular complexity index is 242. The molecule has 0 saturated heterocycles. The van der Waals surface area contributed by atoms with Crippen molar-refractivity contribution in [2.75, 3.05) is 11.5 Å². The van der Waals surface area contributed by atoms with Crippen LogP contribution in [0, 0.1) is 4.51 Å². The highest BCUT2D eigenvalue weighted by atomic mass is 32.1. The molecule has 1 heterocycles. The number of hydrogen-bond donors (Lipinski definition) is 3. The van der Waals surface area contributed by atoms with Crippen molar-refractivity contribution in [3.63, 3.8) is 0 Å². The molecule has 0 amide bonds. The lowest BCUT2D eigenvalue weighted by molar-refractivity contribution is 1.34. The number of anilines is 2. The van der Waals surface area contributed by atoms with Crippen LogP contribution in [0.15, 0.2) is 12.1 Å². The molecule has 0 unspecified atom stereocenters. The van der Waals surface area contributed by atoms with Crippen LogP contribution in [0.25, 0.3) is 0 Å². The quantitative estimate of drug-likeness (QED) is 0.470. The molecule has 9 heavy (non-hydrogen) atoms. The number of hydrogen-bond acceptors (Lipinski definition) is 3. The minimum absolute atomic E-state index is 0.500. The van der Waals surface area contributed by atoms with Gasteiger partial charge in [0.2, 0.25) is 0 Å². The molecule has 1 rings (SSSR count). The third-order valence-corrected chi connectivity index (χ3v) is 1.12. The smallest absolute Gasteiger partial charge is 0.103 e. The maximum Gasteiger partial charge on any atom is 0.103 e. The molecule has 0 aliphatic heterocycles. The molecule has 1 aromatic heterocycles. The van der Waals surface area contributed by atoms with Gasteiger partial charge in [-0.1, -0.05) is 12.2 Å². The van der Waals surface area contributed by atoms with Crippen LogP contribution in [-0.4, -0.2) is 4.98 Å². The zero-order chi connectivity index (χ0) is 6.85. The SMILES string of the molecule is Nc1cc(=S)cc(N)[nH]1. The Kier molecular flexibility index (Phi) is 1.40. The van der Waals surface area contributed by atoms with E-state index < -0.39 is 0 Å². The normalized spacial score (nSPS) is 9.33. The third-order valence-electron chi connectivity index (χ3n) is 0.884. The summed E-state index contributed by atoms with van der Waals surface area (Å²) in [4.78, 5) is 2.70. The highest BCUT2D eigenvalue weighted by Crippen LogP contribution is 2.02. The fourth-order valence-corrected chi connectivity index (χ4v) is 0.841. The Hall–Kier alpha value is -1.03. The molecule has 0 fully saturated rings. The summed E-state index contributed by atoms with van der Waals surface area (Å²) in [6.45, 7) is 0. The van der Waals surface area contributed by atoms with Crippen molar-refractivity contribution in [3.8, 4) is 0 Å². The number of aromatic nitrogens is 1. The molecule has 5 N–H and O–H groups in total. The van der Waals surface area contributed by atoms with E-state index in [0.29, 0.717) is 16.1 Å². The fraction of sp³-hybridized carbons (Fsp3) is 0. The molecular formula is C5H7N3S. The number of rotatable bonds is 0. The Balaban J connectivity index is 3.33. The highest BCUT2D eigenvalue weighted by molar-refractivity contribution is 7.71. The summed E-state index contributed by atoms with van der Waals surface area (Å²) in [6, 6.07) is 3.29. The van der Waals surface area contributed by atoms with E-state index in [2.05, 4.69) is 4.98 Å². The van der Waals surface area contributed by atoms with Gasteiger partial charge in [0.15, 0.2) is 0 Å². The van der Waals surface area contributed by atoms with Crippen LogP contribution >= 0.6 is 12.2 Å². The van der Waals surface area contributed by atoms with Gasteiger partial charge in [0.1, 0.15) is 11.6 Å². The van der Waals surface area contributed by atoms with Crippen molar-refractivity contribution in [1.82, 2.24) is 4.98 Å². The second-order valence-corrected chi connectivity index (χ2v) is 2.20. The van der Waals surface area contributed by atoms with E-state index >= 15 is 0 Å². The Labute approximate surface area is 57.7 Å². The Morgan fingerprint density at radius 2 is 1.67 bits per heavy atom. The maximum atomic E-state index is 5.36. The van der Waals surface area contributed by atoms with Gasteiger partial charge in [-0.05, 0) is 12.1 Å². The largest absolute Gasteiger partial charge is 0.385 e. The van der Waals surface area contributed by atoms with E-state index in [4.69, 9.17) is 23.7 Å². The van der Waals surface area contributed by atoms with E-state index in [0.717, 1.165) is 0 Å². The molecule has 0 aliphatic carbocycles. The number of pyridine rings is 1. The number of nitrogens with two attached hydrogens (primary N) is 2. The lowest BCUT2D eigenvalue weighted by atomic mass is 10.4. The molecule has 0 saturated carbocycles. The van der Waals surface area contributed by atoms with Crippen molar-refractivity contribution in [3.05, 3.63) is 16.6 Å². The molecule has 0 spiro atoms. The number of nitrogen functional groups attached to an aromatic ring is 2. The minimum atomic E-state index is 0.500. The van der Waals surface area contributed by atoms with Gasteiger partial charge in [0.05, 0.1) is 0 Å². The molecule has 4 heteroatoms. The van der Waals surface area contributed by atoms with Crippen LogP contribution in [0.4, 0.5) is 11.6 Å². The highest BCUT2D eigenvalue weighted by Gasteiger charge is 1.85. The van der Waals surface area contributed by atoms with E-state index in [1.165, 1.54) is 0 Å². The second-order valence-electron chi connectivity index (χ2n) is 1.73. The molecule has 0 atom stereocenters. The zero-order valence-corrected chi connectivity index (χ0v) is 5.53. The zero-order valence-electron chi connectivity index (χ0n) is 4.72. The van der Waals surface area contributed by atoms with E-state index in [9.17, 15) is 0 Å². The van der Waals surface area contributed by atoms with Crippen LogP contribution in [0.2, 0.25) is 0 Å². The van der Waals surface area contributed by atoms with Crippen molar-refractivity contribution in [2.24, 2.45) is 0 Å². The third kappa shape index (κ3) is 1.43. The van der Waals surface area contributed by atoms with Crippen LogP contribution < -0.4 is 11.5 Å². The topological polar surface area (TPSA) is 67.8 Å². The summed E-state index contributed by atoms with van der Waals surface area (Å²) in [6.07, 6.45) is 0. The first-order valence-electron chi connectivity index (χ1n) is 2.44. The van der Waals surface area contributed by atoms with Gasteiger partial charge >= 0.3 is 0 Å². The van der Waals surface area contributed by atoms with Gasteiger partial charge in [0.25, 0.3) is 0 Å². The summed E-state index contributed by atoms with van der Waals surface area (Å²) >= 11 is 4.81. The summed E-state index contributed by atoms with van der Waals surface area (Å²) in [5.74, 6) is 1.00. The summed E-state index contributed by atoms with van der Waals surface area (Å²) < 4.78 is 0.656. The van der Waals surface area contributed by atoms with Gasteiger partial charge in [-0.2, -0.15) is 0 Å². The number of aromatic amines is 1. The molecule has 0 aliphatic rings. The molecule has 1 aromatic rings. The first kappa shape index (κ1) is 6.10.